The average molecular weight is 351 g/mol. The third kappa shape index (κ3) is 2.21. The zero-order valence-corrected chi connectivity index (χ0v) is 14.1. The van der Waals surface area contributed by atoms with Crippen LogP contribution in [0.1, 0.15) is 17.0 Å². The summed E-state index contributed by atoms with van der Waals surface area (Å²) < 4.78 is 1.45. The first-order chi connectivity index (χ1) is 13.2. The van der Waals surface area contributed by atoms with Crippen LogP contribution in [0.25, 0.3) is 16.6 Å². The van der Waals surface area contributed by atoms with E-state index in [1.54, 1.807) is 48.8 Å². The quantitative estimate of drug-likeness (QED) is 0.494. The van der Waals surface area contributed by atoms with E-state index in [1.165, 1.54) is 4.57 Å². The SMILES string of the molecule is O=c1c2ccccc2nc2n1-c1ccccc1C2(O)C#Cc1cccnc1. The molecule has 3 heterocycles. The maximum Gasteiger partial charge on any atom is 0.266 e. The summed E-state index contributed by atoms with van der Waals surface area (Å²) in [5, 5.41) is 12.0. The lowest BCUT2D eigenvalue weighted by molar-refractivity contribution is 0.141. The standard InChI is InChI=1S/C22H13N3O2/c26-20-16-7-1-3-9-18(16)24-21-22(27,12-11-15-6-5-13-23-14-15)17-8-2-4-10-19(17)25(20)21/h1-10,13-14,27H. The second-order valence-electron chi connectivity index (χ2n) is 6.31. The average Bonchev–Trinajstić information content (AvgIpc) is 2.97. The maximum absolute atomic E-state index is 13.1. The number of nitrogens with zero attached hydrogens (tertiary/aromatic N) is 3. The highest BCUT2D eigenvalue weighted by Gasteiger charge is 2.43. The number of aliphatic hydroxyl groups is 1. The minimum absolute atomic E-state index is 0.212. The van der Waals surface area contributed by atoms with Crippen molar-refractivity contribution in [3.63, 3.8) is 0 Å². The van der Waals surface area contributed by atoms with E-state index < -0.39 is 5.60 Å². The second kappa shape index (κ2) is 5.63. The fraction of sp³-hybridized carbons (Fsp3) is 0.0455. The smallest absolute Gasteiger partial charge is 0.266 e. The Morgan fingerprint density at radius 3 is 2.67 bits per heavy atom. The molecule has 0 aliphatic carbocycles. The molecule has 128 valence electrons. The van der Waals surface area contributed by atoms with Crippen LogP contribution in [0.4, 0.5) is 0 Å². The third-order valence-corrected chi connectivity index (χ3v) is 4.68. The molecule has 5 rings (SSSR count). The summed E-state index contributed by atoms with van der Waals surface area (Å²) in [4.78, 5) is 21.7. The molecule has 4 aromatic rings. The minimum Gasteiger partial charge on any atom is -0.367 e. The molecule has 0 fully saturated rings. The molecule has 1 N–H and O–H groups in total. The molecule has 1 unspecified atom stereocenters. The van der Waals surface area contributed by atoms with Crippen molar-refractivity contribution >= 4 is 10.9 Å². The summed E-state index contributed by atoms with van der Waals surface area (Å²) in [6, 6.07) is 17.9. The molecule has 0 amide bonds. The number of fused-ring (bicyclic) bond motifs is 4. The largest absolute Gasteiger partial charge is 0.367 e. The molecule has 1 aliphatic heterocycles. The number of pyridine rings is 1. The highest BCUT2D eigenvalue weighted by Crippen LogP contribution is 2.39. The molecule has 27 heavy (non-hydrogen) atoms. The summed E-state index contributed by atoms with van der Waals surface area (Å²) in [5.41, 5.74) is 0.436. The van der Waals surface area contributed by atoms with E-state index in [-0.39, 0.29) is 11.4 Å². The van der Waals surface area contributed by atoms with Gasteiger partial charge in [-0.25, -0.2) is 4.98 Å². The Balaban J connectivity index is 1.85. The highest BCUT2D eigenvalue weighted by molar-refractivity contribution is 5.79. The summed E-state index contributed by atoms with van der Waals surface area (Å²) >= 11 is 0. The van der Waals surface area contributed by atoms with Crippen LogP contribution in [0.2, 0.25) is 0 Å². The lowest BCUT2D eigenvalue weighted by Crippen LogP contribution is -2.28. The van der Waals surface area contributed by atoms with Crippen LogP contribution in [-0.2, 0) is 5.60 Å². The number of para-hydroxylation sites is 2. The van der Waals surface area contributed by atoms with Crippen molar-refractivity contribution in [3.05, 3.63) is 100 Å². The van der Waals surface area contributed by atoms with Gasteiger partial charge in [-0.2, -0.15) is 0 Å². The molecular formula is C22H13N3O2. The van der Waals surface area contributed by atoms with Crippen molar-refractivity contribution in [2.75, 3.05) is 0 Å². The molecule has 5 heteroatoms. The number of benzene rings is 2. The zero-order chi connectivity index (χ0) is 18.4. The van der Waals surface area contributed by atoms with Gasteiger partial charge in [-0.15, -0.1) is 0 Å². The van der Waals surface area contributed by atoms with Crippen LogP contribution < -0.4 is 5.56 Å². The number of hydrogen-bond donors (Lipinski definition) is 1. The van der Waals surface area contributed by atoms with Gasteiger partial charge >= 0.3 is 0 Å². The Hall–Kier alpha value is -3.75. The maximum atomic E-state index is 13.1. The normalized spacial score (nSPS) is 17.1. The molecular weight excluding hydrogens is 338 g/mol. The van der Waals surface area contributed by atoms with Crippen LogP contribution in [0, 0.1) is 11.8 Å². The van der Waals surface area contributed by atoms with Gasteiger partial charge in [0, 0.05) is 23.5 Å². The van der Waals surface area contributed by atoms with Crippen LogP contribution in [0.15, 0.2) is 77.9 Å². The Labute approximate surface area is 154 Å². The molecule has 0 bridgehead atoms. The van der Waals surface area contributed by atoms with Crippen molar-refractivity contribution < 1.29 is 5.11 Å². The van der Waals surface area contributed by atoms with Gasteiger partial charge in [0.15, 0.2) is 5.82 Å². The van der Waals surface area contributed by atoms with E-state index in [9.17, 15) is 9.90 Å². The van der Waals surface area contributed by atoms with Crippen LogP contribution in [0.3, 0.4) is 0 Å². The summed E-state index contributed by atoms with van der Waals surface area (Å²) in [7, 11) is 0. The fourth-order valence-electron chi connectivity index (χ4n) is 3.42. The van der Waals surface area contributed by atoms with E-state index in [0.717, 1.165) is 0 Å². The first-order valence-electron chi connectivity index (χ1n) is 8.46. The summed E-state index contributed by atoms with van der Waals surface area (Å²) in [6.07, 6.45) is 3.28. The van der Waals surface area contributed by atoms with E-state index in [4.69, 9.17) is 0 Å². The fourth-order valence-corrected chi connectivity index (χ4v) is 3.42. The molecule has 1 atom stereocenters. The van der Waals surface area contributed by atoms with E-state index in [1.807, 2.05) is 24.3 Å². The lowest BCUT2D eigenvalue weighted by Gasteiger charge is -2.16. The van der Waals surface area contributed by atoms with Crippen molar-refractivity contribution in [2.24, 2.45) is 0 Å². The van der Waals surface area contributed by atoms with Crippen molar-refractivity contribution in [1.29, 1.82) is 0 Å². The molecule has 5 nitrogen and oxygen atoms in total. The lowest BCUT2D eigenvalue weighted by atomic mass is 9.95. The minimum atomic E-state index is -1.68. The Bertz CT molecular complexity index is 1320. The highest BCUT2D eigenvalue weighted by atomic mass is 16.3. The number of aromatic nitrogens is 3. The van der Waals surface area contributed by atoms with Crippen molar-refractivity contribution in [3.8, 4) is 17.5 Å². The predicted octanol–water partition coefficient (Wildman–Crippen LogP) is 2.38. The Morgan fingerprint density at radius 1 is 1.00 bits per heavy atom. The Morgan fingerprint density at radius 2 is 1.81 bits per heavy atom. The van der Waals surface area contributed by atoms with Crippen LogP contribution in [-0.4, -0.2) is 19.6 Å². The second-order valence-corrected chi connectivity index (χ2v) is 6.31. The van der Waals surface area contributed by atoms with E-state index >= 15 is 0 Å². The molecule has 0 saturated carbocycles. The monoisotopic (exact) mass is 351 g/mol. The molecule has 0 spiro atoms. The first kappa shape index (κ1) is 15.5. The van der Waals surface area contributed by atoms with Gasteiger partial charge in [0.25, 0.3) is 5.56 Å². The summed E-state index contributed by atoms with van der Waals surface area (Å²) in [6.45, 7) is 0. The predicted molar refractivity (Wildman–Crippen MR) is 101 cm³/mol. The van der Waals surface area contributed by atoms with Gasteiger partial charge < -0.3 is 5.11 Å². The molecule has 0 radical (unpaired) electrons. The van der Waals surface area contributed by atoms with Gasteiger partial charge in [0.2, 0.25) is 5.60 Å². The van der Waals surface area contributed by atoms with Crippen LogP contribution >= 0.6 is 0 Å². The Kier molecular flexibility index (Phi) is 3.23. The molecule has 1 aliphatic rings. The number of rotatable bonds is 0. The van der Waals surface area contributed by atoms with Gasteiger partial charge in [-0.05, 0) is 36.3 Å². The summed E-state index contributed by atoms with van der Waals surface area (Å²) in [5.74, 6) is 6.09. The van der Waals surface area contributed by atoms with Gasteiger partial charge in [-0.1, -0.05) is 36.3 Å². The van der Waals surface area contributed by atoms with Gasteiger partial charge in [-0.3, -0.25) is 14.3 Å². The zero-order valence-electron chi connectivity index (χ0n) is 14.1. The van der Waals surface area contributed by atoms with E-state index in [2.05, 4.69) is 21.8 Å². The van der Waals surface area contributed by atoms with E-state index in [0.29, 0.717) is 27.7 Å². The topological polar surface area (TPSA) is 68.0 Å². The van der Waals surface area contributed by atoms with Crippen molar-refractivity contribution in [2.45, 2.75) is 5.60 Å². The van der Waals surface area contributed by atoms with Gasteiger partial charge in [0.1, 0.15) is 0 Å². The first-order valence-corrected chi connectivity index (χ1v) is 8.46. The molecule has 2 aromatic carbocycles. The molecule has 0 saturated heterocycles. The molecule has 2 aromatic heterocycles. The third-order valence-electron chi connectivity index (χ3n) is 4.68. The van der Waals surface area contributed by atoms with Crippen molar-refractivity contribution in [1.82, 2.24) is 14.5 Å². The number of hydrogen-bond acceptors (Lipinski definition) is 4. The van der Waals surface area contributed by atoms with Crippen LogP contribution in [0.5, 0.6) is 0 Å². The van der Waals surface area contributed by atoms with Gasteiger partial charge in [0.05, 0.1) is 16.6 Å².